The van der Waals surface area contributed by atoms with Crippen LogP contribution in [0.4, 0.5) is 5.69 Å². The topological polar surface area (TPSA) is 42.7 Å². The molecule has 0 saturated carbocycles. The van der Waals surface area contributed by atoms with E-state index >= 15 is 0 Å². The van der Waals surface area contributed by atoms with Crippen LogP contribution in [0.5, 0.6) is 0 Å². The Morgan fingerprint density at radius 1 is 1.39 bits per heavy atom. The van der Waals surface area contributed by atoms with E-state index in [2.05, 4.69) is 46.8 Å². The largest absolute Gasteiger partial charge is 0.382 e. The second-order valence-electron chi connectivity index (χ2n) is 4.78. The Bertz CT molecular complexity index is 532. The summed E-state index contributed by atoms with van der Waals surface area (Å²) in [5.41, 5.74) is 3.93. The molecule has 0 amide bonds. The highest BCUT2D eigenvalue weighted by atomic mass is 15.4. The average molecular weight is 242 g/mol. The van der Waals surface area contributed by atoms with Crippen molar-refractivity contribution < 1.29 is 0 Å². The van der Waals surface area contributed by atoms with Crippen LogP contribution in [0, 0.1) is 0 Å². The van der Waals surface area contributed by atoms with Crippen LogP contribution in [0.25, 0.3) is 0 Å². The predicted molar refractivity (Wildman–Crippen MR) is 71.6 cm³/mol. The van der Waals surface area contributed by atoms with Gasteiger partial charge in [0, 0.05) is 24.7 Å². The predicted octanol–water partition coefficient (Wildman–Crippen LogP) is 2.27. The standard InChI is InChI=1S/C14H18N4/c1-2-18-13(10-15-17-18)9-12-8-7-11-5-3-4-6-14(11)16-12/h3-6,10,12,16H,2,7-9H2,1H3. The average Bonchev–Trinajstić information content (AvgIpc) is 2.86. The van der Waals surface area contributed by atoms with Crippen LogP contribution in [0.15, 0.2) is 30.5 Å². The fourth-order valence-electron chi connectivity index (χ4n) is 2.61. The highest BCUT2D eigenvalue weighted by molar-refractivity contribution is 5.53. The van der Waals surface area contributed by atoms with Gasteiger partial charge in [0.15, 0.2) is 0 Å². The molecule has 0 saturated heterocycles. The van der Waals surface area contributed by atoms with Crippen LogP contribution in [0.1, 0.15) is 24.6 Å². The van der Waals surface area contributed by atoms with Gasteiger partial charge >= 0.3 is 0 Å². The Morgan fingerprint density at radius 3 is 3.17 bits per heavy atom. The summed E-state index contributed by atoms with van der Waals surface area (Å²) in [5, 5.41) is 11.7. The minimum Gasteiger partial charge on any atom is -0.382 e. The van der Waals surface area contributed by atoms with Crippen molar-refractivity contribution in [3.05, 3.63) is 41.7 Å². The van der Waals surface area contributed by atoms with E-state index in [4.69, 9.17) is 0 Å². The minimum absolute atomic E-state index is 0.490. The maximum Gasteiger partial charge on any atom is 0.0725 e. The highest BCUT2D eigenvalue weighted by Gasteiger charge is 2.18. The first-order valence-corrected chi connectivity index (χ1v) is 6.58. The molecule has 2 heterocycles. The maximum absolute atomic E-state index is 4.08. The fourth-order valence-corrected chi connectivity index (χ4v) is 2.61. The number of aromatic nitrogens is 3. The zero-order valence-electron chi connectivity index (χ0n) is 10.6. The fraction of sp³-hybridized carbons (Fsp3) is 0.429. The van der Waals surface area contributed by atoms with Gasteiger partial charge in [-0.15, -0.1) is 5.10 Å². The van der Waals surface area contributed by atoms with Gasteiger partial charge in [0.2, 0.25) is 0 Å². The van der Waals surface area contributed by atoms with E-state index in [1.165, 1.54) is 23.4 Å². The summed E-state index contributed by atoms with van der Waals surface area (Å²) in [5.74, 6) is 0. The van der Waals surface area contributed by atoms with Gasteiger partial charge in [-0.1, -0.05) is 23.4 Å². The van der Waals surface area contributed by atoms with E-state index in [1.54, 1.807) is 0 Å². The number of rotatable bonds is 3. The summed E-state index contributed by atoms with van der Waals surface area (Å²) >= 11 is 0. The van der Waals surface area contributed by atoms with E-state index < -0.39 is 0 Å². The molecule has 0 radical (unpaired) electrons. The zero-order valence-corrected chi connectivity index (χ0v) is 10.6. The number of nitrogens with one attached hydrogen (secondary N) is 1. The van der Waals surface area contributed by atoms with Gasteiger partial charge in [-0.2, -0.15) is 0 Å². The van der Waals surface area contributed by atoms with Gasteiger partial charge in [0.1, 0.15) is 0 Å². The Balaban J connectivity index is 1.73. The van der Waals surface area contributed by atoms with Crippen molar-refractivity contribution in [1.29, 1.82) is 0 Å². The number of fused-ring (bicyclic) bond motifs is 1. The molecule has 0 aliphatic carbocycles. The number of nitrogens with zero attached hydrogens (tertiary/aromatic N) is 3. The third kappa shape index (κ3) is 2.10. The van der Waals surface area contributed by atoms with Crippen LogP contribution >= 0.6 is 0 Å². The number of aryl methyl sites for hydroxylation is 2. The summed E-state index contributed by atoms with van der Waals surface area (Å²) in [6.07, 6.45) is 5.20. The Hall–Kier alpha value is -1.84. The molecule has 1 N–H and O–H groups in total. The smallest absolute Gasteiger partial charge is 0.0725 e. The molecule has 1 atom stereocenters. The van der Waals surface area contributed by atoms with Crippen molar-refractivity contribution in [3.63, 3.8) is 0 Å². The van der Waals surface area contributed by atoms with Crippen molar-refractivity contribution in [2.75, 3.05) is 5.32 Å². The maximum atomic E-state index is 4.08. The second-order valence-corrected chi connectivity index (χ2v) is 4.78. The first-order valence-electron chi connectivity index (χ1n) is 6.58. The van der Waals surface area contributed by atoms with Gasteiger partial charge in [-0.25, -0.2) is 4.68 Å². The number of anilines is 1. The monoisotopic (exact) mass is 242 g/mol. The van der Waals surface area contributed by atoms with Crippen LogP contribution in [-0.2, 0) is 19.4 Å². The lowest BCUT2D eigenvalue weighted by Gasteiger charge is -2.27. The minimum atomic E-state index is 0.490. The van der Waals surface area contributed by atoms with Gasteiger partial charge in [-0.05, 0) is 31.4 Å². The summed E-state index contributed by atoms with van der Waals surface area (Å²) in [7, 11) is 0. The molecule has 1 unspecified atom stereocenters. The van der Waals surface area contributed by atoms with Crippen molar-refractivity contribution in [3.8, 4) is 0 Å². The summed E-state index contributed by atoms with van der Waals surface area (Å²) < 4.78 is 1.97. The molecule has 1 aromatic carbocycles. The van der Waals surface area contributed by atoms with Gasteiger partial charge in [0.25, 0.3) is 0 Å². The third-order valence-electron chi connectivity index (χ3n) is 3.59. The van der Waals surface area contributed by atoms with Crippen molar-refractivity contribution >= 4 is 5.69 Å². The summed E-state index contributed by atoms with van der Waals surface area (Å²) in [6, 6.07) is 9.06. The Morgan fingerprint density at radius 2 is 2.28 bits per heavy atom. The quantitative estimate of drug-likeness (QED) is 0.897. The van der Waals surface area contributed by atoms with E-state index in [0.29, 0.717) is 6.04 Å². The molecule has 0 fully saturated rings. The Labute approximate surface area is 107 Å². The van der Waals surface area contributed by atoms with Crippen LogP contribution in [-0.4, -0.2) is 21.0 Å². The molecule has 18 heavy (non-hydrogen) atoms. The molecule has 1 aliphatic rings. The van der Waals surface area contributed by atoms with E-state index in [0.717, 1.165) is 19.4 Å². The van der Waals surface area contributed by atoms with Crippen molar-refractivity contribution in [2.45, 2.75) is 38.8 Å². The first-order chi connectivity index (χ1) is 8.86. The molecule has 1 aliphatic heterocycles. The molecule has 0 spiro atoms. The third-order valence-corrected chi connectivity index (χ3v) is 3.59. The molecule has 4 nitrogen and oxygen atoms in total. The SMILES string of the molecule is CCn1nncc1CC1CCc2ccccc2N1. The van der Waals surface area contributed by atoms with E-state index in [9.17, 15) is 0 Å². The van der Waals surface area contributed by atoms with Crippen molar-refractivity contribution in [2.24, 2.45) is 0 Å². The number of para-hydroxylation sites is 1. The second kappa shape index (κ2) is 4.80. The van der Waals surface area contributed by atoms with Crippen LogP contribution in [0.3, 0.4) is 0 Å². The number of hydrogen-bond donors (Lipinski definition) is 1. The van der Waals surface area contributed by atoms with E-state index in [1.807, 2.05) is 10.9 Å². The molecule has 4 heteroatoms. The lowest BCUT2D eigenvalue weighted by atomic mass is 9.95. The van der Waals surface area contributed by atoms with E-state index in [-0.39, 0.29) is 0 Å². The lowest BCUT2D eigenvalue weighted by Crippen LogP contribution is -2.28. The van der Waals surface area contributed by atoms with Gasteiger partial charge in [-0.3, -0.25) is 0 Å². The molecule has 3 rings (SSSR count). The lowest BCUT2D eigenvalue weighted by molar-refractivity contribution is 0.557. The van der Waals surface area contributed by atoms with Gasteiger partial charge in [0.05, 0.1) is 11.9 Å². The number of benzene rings is 1. The van der Waals surface area contributed by atoms with Crippen LogP contribution in [0.2, 0.25) is 0 Å². The molecule has 1 aromatic heterocycles. The summed E-state index contributed by atoms with van der Waals surface area (Å²) in [6.45, 7) is 2.99. The first kappa shape index (κ1) is 11.3. The van der Waals surface area contributed by atoms with Crippen molar-refractivity contribution in [1.82, 2.24) is 15.0 Å². The Kier molecular flexibility index (Phi) is 3.00. The molecular formula is C14H18N4. The zero-order chi connectivity index (χ0) is 12.4. The number of hydrogen-bond acceptors (Lipinski definition) is 3. The molecule has 94 valence electrons. The normalized spacial score (nSPS) is 18.2. The molecular weight excluding hydrogens is 224 g/mol. The molecule has 0 bridgehead atoms. The highest BCUT2D eigenvalue weighted by Crippen LogP contribution is 2.25. The van der Waals surface area contributed by atoms with Crippen LogP contribution < -0.4 is 5.32 Å². The summed E-state index contributed by atoms with van der Waals surface area (Å²) in [4.78, 5) is 0. The van der Waals surface area contributed by atoms with Gasteiger partial charge < -0.3 is 5.32 Å². The molecule has 2 aromatic rings.